The molecular weight excluding hydrogens is 347 g/mol. The summed E-state index contributed by atoms with van der Waals surface area (Å²) in [5, 5.41) is 3.04. The van der Waals surface area contributed by atoms with Crippen molar-refractivity contribution in [2.24, 2.45) is 11.7 Å². The van der Waals surface area contributed by atoms with Crippen molar-refractivity contribution < 1.29 is 4.79 Å². The minimum atomic E-state index is 0. The number of aryl methyl sites for hydroxylation is 1. The van der Waals surface area contributed by atoms with E-state index < -0.39 is 0 Å². The van der Waals surface area contributed by atoms with Crippen molar-refractivity contribution >= 4 is 41.8 Å². The van der Waals surface area contributed by atoms with E-state index in [0.717, 1.165) is 49.1 Å². The smallest absolute Gasteiger partial charge is 0.223 e. The second-order valence-corrected chi connectivity index (χ2v) is 6.07. The van der Waals surface area contributed by atoms with E-state index in [-0.39, 0.29) is 42.7 Å². The fourth-order valence-electron chi connectivity index (χ4n) is 3.37. The summed E-state index contributed by atoms with van der Waals surface area (Å²) in [6.07, 6.45) is 3.45. The molecule has 1 aliphatic carbocycles. The lowest BCUT2D eigenvalue weighted by Gasteiger charge is -2.11. The summed E-state index contributed by atoms with van der Waals surface area (Å²) < 4.78 is 2.22. The van der Waals surface area contributed by atoms with Crippen molar-refractivity contribution in [3.05, 3.63) is 30.1 Å². The van der Waals surface area contributed by atoms with Crippen LogP contribution in [0.1, 0.15) is 32.0 Å². The molecule has 0 aliphatic heterocycles. The summed E-state index contributed by atoms with van der Waals surface area (Å²) in [5.41, 5.74) is 8.05. The quantitative estimate of drug-likeness (QED) is 0.847. The van der Waals surface area contributed by atoms with Crippen LogP contribution >= 0.6 is 24.8 Å². The maximum absolute atomic E-state index is 12.1. The molecule has 2 atom stereocenters. The first-order valence-electron chi connectivity index (χ1n) is 8.16. The number of nitrogens with two attached hydrogens (primary N) is 1. The van der Waals surface area contributed by atoms with Gasteiger partial charge in [-0.05, 0) is 38.3 Å². The fraction of sp³-hybridized carbons (Fsp3) is 0.529. The van der Waals surface area contributed by atoms with Crippen LogP contribution in [0.3, 0.4) is 0 Å². The third-order valence-electron chi connectivity index (χ3n) is 4.54. The van der Waals surface area contributed by atoms with Crippen LogP contribution in [0.4, 0.5) is 0 Å². The summed E-state index contributed by atoms with van der Waals surface area (Å²) >= 11 is 0. The van der Waals surface area contributed by atoms with Gasteiger partial charge < -0.3 is 15.6 Å². The molecule has 3 N–H and O–H groups in total. The lowest BCUT2D eigenvalue weighted by Crippen LogP contribution is -2.32. The van der Waals surface area contributed by atoms with Gasteiger partial charge in [0.15, 0.2) is 0 Å². The van der Waals surface area contributed by atoms with Gasteiger partial charge >= 0.3 is 0 Å². The number of aromatic nitrogens is 2. The predicted octanol–water partition coefficient (Wildman–Crippen LogP) is 2.69. The lowest BCUT2D eigenvalue weighted by atomic mass is 10.1. The Bertz CT molecular complexity index is 674. The largest absolute Gasteiger partial charge is 0.355 e. The van der Waals surface area contributed by atoms with Gasteiger partial charge in [-0.15, -0.1) is 24.8 Å². The monoisotopic (exact) mass is 372 g/mol. The number of rotatable bonds is 5. The van der Waals surface area contributed by atoms with Gasteiger partial charge in [-0.1, -0.05) is 12.1 Å². The Kier molecular flexibility index (Phi) is 8.00. The van der Waals surface area contributed by atoms with Gasteiger partial charge in [0.1, 0.15) is 5.82 Å². The van der Waals surface area contributed by atoms with E-state index in [9.17, 15) is 4.79 Å². The fourth-order valence-corrected chi connectivity index (χ4v) is 3.37. The minimum absolute atomic E-state index is 0. The molecule has 1 aromatic carbocycles. The number of amides is 1. The molecule has 1 aromatic heterocycles. The third kappa shape index (κ3) is 4.41. The van der Waals surface area contributed by atoms with Gasteiger partial charge in [0.25, 0.3) is 0 Å². The molecule has 2 aromatic rings. The highest BCUT2D eigenvalue weighted by molar-refractivity contribution is 5.85. The molecule has 0 radical (unpaired) electrons. The van der Waals surface area contributed by atoms with E-state index >= 15 is 0 Å². The Balaban J connectivity index is 0.00000144. The number of hydrogen-bond donors (Lipinski definition) is 2. The van der Waals surface area contributed by atoms with Gasteiger partial charge in [-0.3, -0.25) is 4.79 Å². The summed E-state index contributed by atoms with van der Waals surface area (Å²) in [5.74, 6) is 1.28. The third-order valence-corrected chi connectivity index (χ3v) is 4.54. The summed E-state index contributed by atoms with van der Waals surface area (Å²) in [4.78, 5) is 16.8. The number of nitrogens with one attached hydrogen (secondary N) is 1. The van der Waals surface area contributed by atoms with E-state index in [4.69, 9.17) is 5.73 Å². The number of carbonyl (C=O) groups excluding carboxylic acids is 1. The maximum Gasteiger partial charge on any atom is 0.223 e. The molecule has 24 heavy (non-hydrogen) atoms. The Hall–Kier alpha value is -1.30. The molecular formula is C17H26Cl2N4O. The van der Waals surface area contributed by atoms with Crippen molar-refractivity contribution in [3.63, 3.8) is 0 Å². The van der Waals surface area contributed by atoms with Crippen molar-refractivity contribution in [1.82, 2.24) is 14.9 Å². The molecule has 5 nitrogen and oxygen atoms in total. The van der Waals surface area contributed by atoms with Gasteiger partial charge in [-0.2, -0.15) is 0 Å². The molecule has 1 heterocycles. The van der Waals surface area contributed by atoms with E-state index in [1.54, 1.807) is 0 Å². The Morgan fingerprint density at radius 1 is 1.33 bits per heavy atom. The number of halogens is 2. The number of imidazole rings is 1. The highest BCUT2D eigenvalue weighted by Gasteiger charge is 2.27. The van der Waals surface area contributed by atoms with E-state index in [1.807, 2.05) is 18.2 Å². The number of nitrogens with zero attached hydrogens (tertiary/aromatic N) is 2. The van der Waals surface area contributed by atoms with E-state index in [1.165, 1.54) is 0 Å². The zero-order valence-electron chi connectivity index (χ0n) is 13.9. The van der Waals surface area contributed by atoms with Crippen molar-refractivity contribution in [2.45, 2.75) is 45.2 Å². The van der Waals surface area contributed by atoms with Gasteiger partial charge in [0, 0.05) is 31.5 Å². The minimum Gasteiger partial charge on any atom is -0.355 e. The standard InChI is InChI=1S/C17H24N4O.2ClH/c1-2-21-15-6-4-3-5-14(15)20-16(21)9-10-19-17(22)12-7-8-13(18)11-12;;/h3-6,12-13H,2,7-11,18H2,1H3,(H,19,22);2*1H. The van der Waals surface area contributed by atoms with Crippen molar-refractivity contribution in [1.29, 1.82) is 0 Å². The van der Waals surface area contributed by atoms with Crippen LogP contribution < -0.4 is 11.1 Å². The number of benzene rings is 1. The number of para-hydroxylation sites is 2. The Labute approximate surface area is 155 Å². The van der Waals surface area contributed by atoms with Crippen LogP contribution in [-0.2, 0) is 17.8 Å². The number of fused-ring (bicyclic) bond motifs is 1. The van der Waals surface area contributed by atoms with Gasteiger partial charge in [0.2, 0.25) is 5.91 Å². The first-order chi connectivity index (χ1) is 10.7. The Morgan fingerprint density at radius 3 is 2.75 bits per heavy atom. The van der Waals surface area contributed by atoms with Crippen molar-refractivity contribution in [2.75, 3.05) is 6.54 Å². The molecule has 7 heteroatoms. The average molecular weight is 373 g/mol. The molecule has 1 saturated carbocycles. The molecule has 0 bridgehead atoms. The molecule has 3 rings (SSSR count). The summed E-state index contributed by atoms with van der Waals surface area (Å²) in [6.45, 7) is 3.64. The van der Waals surface area contributed by atoms with Crippen LogP contribution in [0.2, 0.25) is 0 Å². The van der Waals surface area contributed by atoms with Crippen LogP contribution in [0.15, 0.2) is 24.3 Å². The van der Waals surface area contributed by atoms with E-state index in [2.05, 4.69) is 27.9 Å². The molecule has 0 saturated heterocycles. The zero-order chi connectivity index (χ0) is 15.5. The van der Waals surface area contributed by atoms with Crippen LogP contribution in [0.25, 0.3) is 11.0 Å². The summed E-state index contributed by atoms with van der Waals surface area (Å²) in [7, 11) is 0. The molecule has 0 spiro atoms. The molecule has 134 valence electrons. The first-order valence-corrected chi connectivity index (χ1v) is 8.16. The van der Waals surface area contributed by atoms with E-state index in [0.29, 0.717) is 6.54 Å². The van der Waals surface area contributed by atoms with Crippen LogP contribution in [-0.4, -0.2) is 28.0 Å². The normalized spacial score (nSPS) is 19.6. The predicted molar refractivity (Wildman–Crippen MR) is 102 cm³/mol. The lowest BCUT2D eigenvalue weighted by molar-refractivity contribution is -0.124. The topological polar surface area (TPSA) is 72.9 Å². The second-order valence-electron chi connectivity index (χ2n) is 6.07. The van der Waals surface area contributed by atoms with Gasteiger partial charge in [-0.25, -0.2) is 4.98 Å². The number of carbonyl (C=O) groups is 1. The molecule has 1 aliphatic rings. The Morgan fingerprint density at radius 2 is 2.08 bits per heavy atom. The highest BCUT2D eigenvalue weighted by Crippen LogP contribution is 2.24. The maximum atomic E-state index is 12.1. The first kappa shape index (κ1) is 20.7. The van der Waals surface area contributed by atoms with Gasteiger partial charge in [0.05, 0.1) is 11.0 Å². The zero-order valence-corrected chi connectivity index (χ0v) is 15.5. The SMILES string of the molecule is CCn1c(CCNC(=O)C2CCC(N)C2)nc2ccccc21.Cl.Cl. The molecule has 1 amide bonds. The van der Waals surface area contributed by atoms with Crippen LogP contribution in [0.5, 0.6) is 0 Å². The molecule has 1 fully saturated rings. The van der Waals surface area contributed by atoms with Crippen molar-refractivity contribution in [3.8, 4) is 0 Å². The van der Waals surface area contributed by atoms with Crippen LogP contribution in [0, 0.1) is 5.92 Å². The highest BCUT2D eigenvalue weighted by atomic mass is 35.5. The molecule has 2 unspecified atom stereocenters. The second kappa shape index (κ2) is 9.25. The summed E-state index contributed by atoms with van der Waals surface area (Å²) in [6, 6.07) is 8.35. The number of hydrogen-bond acceptors (Lipinski definition) is 3. The average Bonchev–Trinajstić information content (AvgIpc) is 3.10.